The van der Waals surface area contributed by atoms with E-state index in [9.17, 15) is 13.2 Å². The molecule has 0 heterocycles. The zero-order valence-electron chi connectivity index (χ0n) is 12.3. The van der Waals surface area contributed by atoms with Crippen LogP contribution in [0.3, 0.4) is 0 Å². The summed E-state index contributed by atoms with van der Waals surface area (Å²) in [6.07, 6.45) is -2.77. The van der Waals surface area contributed by atoms with Crippen molar-refractivity contribution < 1.29 is 23.0 Å². The lowest BCUT2D eigenvalue weighted by Gasteiger charge is -2.16. The maximum atomic E-state index is 12.0. The van der Waals surface area contributed by atoms with Gasteiger partial charge >= 0.3 is 6.36 Å². The highest BCUT2D eigenvalue weighted by molar-refractivity contribution is 5.29. The molecule has 1 rings (SSSR count). The van der Waals surface area contributed by atoms with Crippen LogP contribution in [0.1, 0.15) is 38.3 Å². The number of hydrogen-bond acceptors (Lipinski definition) is 3. The number of halogens is 3. The molecule has 1 aromatic rings. The molecule has 3 nitrogen and oxygen atoms in total. The fourth-order valence-corrected chi connectivity index (χ4v) is 1.94. The normalized spacial score (nSPS) is 14.8. The molecule has 0 aliphatic carbocycles. The topological polar surface area (TPSA) is 41.5 Å². The van der Waals surface area contributed by atoms with Crippen molar-refractivity contribution >= 4 is 0 Å². The second-order valence-electron chi connectivity index (χ2n) is 5.22. The van der Waals surface area contributed by atoms with Gasteiger partial charge in [-0.15, -0.1) is 13.2 Å². The smallest absolute Gasteiger partial charge is 0.406 e. The van der Waals surface area contributed by atoms with Crippen molar-refractivity contribution in [2.45, 2.75) is 39.1 Å². The monoisotopic (exact) mass is 305 g/mol. The van der Waals surface area contributed by atoms with E-state index in [-0.39, 0.29) is 18.4 Å². The lowest BCUT2D eigenvalue weighted by atomic mass is 10.1. The van der Waals surface area contributed by atoms with Gasteiger partial charge in [-0.3, -0.25) is 0 Å². The van der Waals surface area contributed by atoms with Crippen molar-refractivity contribution in [3.8, 4) is 5.75 Å². The fourth-order valence-electron chi connectivity index (χ4n) is 1.94. The van der Waals surface area contributed by atoms with Crippen molar-refractivity contribution in [2.75, 3.05) is 13.2 Å². The fraction of sp³-hybridized carbons (Fsp3) is 0.600. The van der Waals surface area contributed by atoms with Gasteiger partial charge in [-0.2, -0.15) is 0 Å². The Balaban J connectivity index is 2.39. The Morgan fingerprint density at radius 1 is 1.19 bits per heavy atom. The van der Waals surface area contributed by atoms with Crippen molar-refractivity contribution in [2.24, 2.45) is 5.92 Å². The number of aliphatic hydroxyl groups is 1. The molecule has 0 saturated heterocycles. The molecule has 0 saturated carbocycles. The molecule has 2 N–H and O–H groups in total. The number of rotatable bonds is 8. The minimum atomic E-state index is -4.66. The van der Waals surface area contributed by atoms with Gasteiger partial charge in [0.15, 0.2) is 0 Å². The van der Waals surface area contributed by atoms with E-state index in [2.05, 4.69) is 10.1 Å². The molecule has 21 heavy (non-hydrogen) atoms. The SMILES string of the molecule is CC(CO)CCCNC(C)c1ccc(OC(F)(F)F)cc1. The van der Waals surface area contributed by atoms with E-state index in [0.717, 1.165) is 24.9 Å². The third-order valence-electron chi connectivity index (χ3n) is 3.25. The Bertz CT molecular complexity index is 406. The van der Waals surface area contributed by atoms with Crippen molar-refractivity contribution in [3.05, 3.63) is 29.8 Å². The molecule has 0 aliphatic rings. The lowest BCUT2D eigenvalue weighted by molar-refractivity contribution is -0.274. The molecule has 6 heteroatoms. The number of ether oxygens (including phenoxy) is 1. The first-order chi connectivity index (χ1) is 9.81. The van der Waals surface area contributed by atoms with E-state index < -0.39 is 6.36 Å². The van der Waals surface area contributed by atoms with Gasteiger partial charge in [0, 0.05) is 12.6 Å². The van der Waals surface area contributed by atoms with Crippen LogP contribution in [0.4, 0.5) is 13.2 Å². The first-order valence-corrected chi connectivity index (χ1v) is 7.01. The largest absolute Gasteiger partial charge is 0.573 e. The zero-order valence-corrected chi connectivity index (χ0v) is 12.3. The lowest BCUT2D eigenvalue weighted by Crippen LogP contribution is -2.21. The second kappa shape index (κ2) is 8.24. The Labute approximate surface area is 123 Å². The Morgan fingerprint density at radius 3 is 2.33 bits per heavy atom. The Morgan fingerprint density at radius 2 is 1.81 bits per heavy atom. The molecule has 120 valence electrons. The summed E-state index contributed by atoms with van der Waals surface area (Å²) in [5, 5.41) is 12.2. The third kappa shape index (κ3) is 7.34. The minimum absolute atomic E-state index is 0.0503. The summed E-state index contributed by atoms with van der Waals surface area (Å²) in [5.41, 5.74) is 0.903. The Kier molecular flexibility index (Phi) is 6.98. The molecule has 0 spiro atoms. The van der Waals surface area contributed by atoms with Crippen molar-refractivity contribution in [1.29, 1.82) is 0 Å². The summed E-state index contributed by atoms with van der Waals surface area (Å²) >= 11 is 0. The number of nitrogens with one attached hydrogen (secondary N) is 1. The molecule has 1 aromatic carbocycles. The molecular weight excluding hydrogens is 283 g/mol. The number of alkyl halides is 3. The quantitative estimate of drug-likeness (QED) is 0.720. The predicted octanol–water partition coefficient (Wildman–Crippen LogP) is 3.64. The predicted molar refractivity (Wildman–Crippen MR) is 75.0 cm³/mol. The van der Waals surface area contributed by atoms with Gasteiger partial charge < -0.3 is 15.2 Å². The summed E-state index contributed by atoms with van der Waals surface area (Å²) < 4.78 is 40.0. The van der Waals surface area contributed by atoms with E-state index in [4.69, 9.17) is 5.11 Å². The third-order valence-corrected chi connectivity index (χ3v) is 3.25. The van der Waals surface area contributed by atoms with Crippen LogP contribution in [0.5, 0.6) is 5.75 Å². The van der Waals surface area contributed by atoms with E-state index in [0.29, 0.717) is 5.92 Å². The first kappa shape index (κ1) is 17.8. The van der Waals surface area contributed by atoms with Crippen LogP contribution in [0.2, 0.25) is 0 Å². The molecule has 0 amide bonds. The highest BCUT2D eigenvalue weighted by Gasteiger charge is 2.30. The van der Waals surface area contributed by atoms with Gasteiger partial charge in [-0.05, 0) is 49.9 Å². The van der Waals surface area contributed by atoms with Gasteiger partial charge in [0.25, 0.3) is 0 Å². The summed E-state index contributed by atoms with van der Waals surface area (Å²) in [7, 11) is 0. The van der Waals surface area contributed by atoms with Crippen LogP contribution in [-0.2, 0) is 0 Å². The number of aliphatic hydroxyl groups excluding tert-OH is 1. The van der Waals surface area contributed by atoms with Crippen LogP contribution in [-0.4, -0.2) is 24.6 Å². The van der Waals surface area contributed by atoms with Gasteiger partial charge in [-0.25, -0.2) is 0 Å². The summed E-state index contributed by atoms with van der Waals surface area (Å²) in [5.74, 6) is 0.0797. The molecule has 0 aromatic heterocycles. The van der Waals surface area contributed by atoms with E-state index in [1.165, 1.54) is 12.1 Å². The average molecular weight is 305 g/mol. The van der Waals surface area contributed by atoms with Crippen molar-refractivity contribution in [3.63, 3.8) is 0 Å². The highest BCUT2D eigenvalue weighted by Crippen LogP contribution is 2.24. The Hall–Kier alpha value is -1.27. The highest BCUT2D eigenvalue weighted by atomic mass is 19.4. The number of benzene rings is 1. The summed E-state index contributed by atoms with van der Waals surface area (Å²) in [6, 6.07) is 5.92. The molecule has 0 aliphatic heterocycles. The maximum absolute atomic E-state index is 12.0. The number of hydrogen-bond donors (Lipinski definition) is 2. The molecular formula is C15H22F3NO2. The molecule has 0 fully saturated rings. The van der Waals surface area contributed by atoms with Crippen molar-refractivity contribution in [1.82, 2.24) is 5.32 Å². The van der Waals surface area contributed by atoms with Crippen LogP contribution in [0.15, 0.2) is 24.3 Å². The van der Waals surface area contributed by atoms with Gasteiger partial charge in [0.1, 0.15) is 5.75 Å². The van der Waals surface area contributed by atoms with Crippen LogP contribution in [0.25, 0.3) is 0 Å². The van der Waals surface area contributed by atoms with Crippen LogP contribution >= 0.6 is 0 Å². The summed E-state index contributed by atoms with van der Waals surface area (Å²) in [6.45, 7) is 4.93. The van der Waals surface area contributed by atoms with Gasteiger partial charge in [-0.1, -0.05) is 19.1 Å². The summed E-state index contributed by atoms with van der Waals surface area (Å²) in [4.78, 5) is 0. The average Bonchev–Trinajstić information content (AvgIpc) is 2.42. The minimum Gasteiger partial charge on any atom is -0.406 e. The molecule has 2 atom stereocenters. The van der Waals surface area contributed by atoms with E-state index in [1.807, 2.05) is 13.8 Å². The van der Waals surface area contributed by atoms with Crippen LogP contribution in [0, 0.1) is 5.92 Å². The first-order valence-electron chi connectivity index (χ1n) is 7.01. The van der Waals surface area contributed by atoms with Gasteiger partial charge in [0.05, 0.1) is 0 Å². The second-order valence-corrected chi connectivity index (χ2v) is 5.22. The van der Waals surface area contributed by atoms with E-state index >= 15 is 0 Å². The molecule has 0 radical (unpaired) electrons. The zero-order chi connectivity index (χ0) is 15.9. The maximum Gasteiger partial charge on any atom is 0.573 e. The molecule has 2 unspecified atom stereocenters. The van der Waals surface area contributed by atoms with E-state index in [1.54, 1.807) is 12.1 Å². The van der Waals surface area contributed by atoms with Crippen LogP contribution < -0.4 is 10.1 Å². The van der Waals surface area contributed by atoms with Gasteiger partial charge in [0.2, 0.25) is 0 Å². The standard InChI is InChI=1S/C15H22F3NO2/c1-11(10-20)4-3-9-19-12(2)13-5-7-14(8-6-13)21-15(16,17)18/h5-8,11-12,19-20H,3-4,9-10H2,1-2H3. The molecule has 0 bridgehead atoms.